The molecule has 1 aliphatic carbocycles. The van der Waals surface area contributed by atoms with E-state index in [9.17, 15) is 4.79 Å². The molecule has 1 saturated carbocycles. The first-order valence-electron chi connectivity index (χ1n) is 7.50. The fourth-order valence-corrected chi connectivity index (χ4v) is 2.80. The Kier molecular flexibility index (Phi) is 5.34. The molecule has 0 bridgehead atoms. The van der Waals surface area contributed by atoms with E-state index in [-0.39, 0.29) is 22.7 Å². The highest BCUT2D eigenvalue weighted by Crippen LogP contribution is 2.39. The molecule has 0 aromatic rings. The predicted molar refractivity (Wildman–Crippen MR) is 82.4 cm³/mol. The van der Waals surface area contributed by atoms with Gasteiger partial charge in [-0.05, 0) is 57.8 Å². The van der Waals surface area contributed by atoms with Crippen LogP contribution >= 0.6 is 11.6 Å². The first kappa shape index (κ1) is 16.8. The Morgan fingerprint density at radius 3 is 1.95 bits per heavy atom. The highest BCUT2D eigenvalue weighted by molar-refractivity contribution is 6.21. The molecule has 0 radical (unpaired) electrons. The number of alkyl halides is 1. The van der Waals surface area contributed by atoms with E-state index >= 15 is 0 Å². The fourth-order valence-electron chi connectivity index (χ4n) is 2.74. The van der Waals surface area contributed by atoms with Gasteiger partial charge in [0.05, 0.1) is 10.9 Å². The van der Waals surface area contributed by atoms with Crippen molar-refractivity contribution in [3.8, 4) is 0 Å². The fraction of sp³-hybridized carbons (Fsp3) is 0.938. The van der Waals surface area contributed by atoms with Gasteiger partial charge in [-0.25, -0.2) is 0 Å². The van der Waals surface area contributed by atoms with E-state index in [0.717, 1.165) is 18.8 Å². The molecule has 3 heteroatoms. The number of nitrogens with one attached hydrogen (secondary N) is 1. The molecule has 0 aromatic heterocycles. The molecule has 1 aliphatic rings. The van der Waals surface area contributed by atoms with E-state index in [4.69, 9.17) is 11.6 Å². The molecule has 1 unspecified atom stereocenters. The molecule has 2 nitrogen and oxygen atoms in total. The monoisotopic (exact) mass is 287 g/mol. The molecule has 1 amide bonds. The molecule has 1 N–H and O–H groups in total. The molecule has 19 heavy (non-hydrogen) atoms. The van der Waals surface area contributed by atoms with Crippen LogP contribution in [-0.2, 0) is 4.79 Å². The number of halogens is 1. The Hall–Kier alpha value is -0.240. The van der Waals surface area contributed by atoms with E-state index in [1.165, 1.54) is 12.8 Å². The van der Waals surface area contributed by atoms with Crippen molar-refractivity contribution in [2.75, 3.05) is 0 Å². The van der Waals surface area contributed by atoms with Crippen molar-refractivity contribution in [1.82, 2.24) is 5.32 Å². The minimum atomic E-state index is -0.334. The third-order valence-electron chi connectivity index (χ3n) is 4.76. The van der Waals surface area contributed by atoms with Crippen LogP contribution in [0.1, 0.15) is 67.2 Å². The first-order chi connectivity index (χ1) is 8.54. The van der Waals surface area contributed by atoms with Gasteiger partial charge in [0, 0.05) is 5.92 Å². The molecule has 1 atom stereocenters. The smallest absolute Gasteiger partial charge is 0.223 e. The zero-order valence-corrected chi connectivity index (χ0v) is 14.1. The third kappa shape index (κ3) is 4.66. The van der Waals surface area contributed by atoms with E-state index < -0.39 is 0 Å². The molecule has 1 rings (SSSR count). The maximum atomic E-state index is 12.3. The molecule has 1 fully saturated rings. The molecule has 0 saturated heterocycles. The van der Waals surface area contributed by atoms with Gasteiger partial charge < -0.3 is 5.32 Å². The van der Waals surface area contributed by atoms with Gasteiger partial charge in [-0.1, -0.05) is 20.8 Å². The number of hydrogen-bond donors (Lipinski definition) is 1. The number of amides is 1. The Balaban J connectivity index is 2.50. The second-order valence-corrected chi connectivity index (χ2v) is 8.40. The minimum absolute atomic E-state index is 0.0673. The largest absolute Gasteiger partial charge is 0.350 e. The minimum Gasteiger partial charge on any atom is -0.350 e. The summed E-state index contributed by atoms with van der Waals surface area (Å²) in [6, 6.07) is 0. The highest BCUT2D eigenvalue weighted by atomic mass is 35.5. The molecular formula is C16H30ClNO. The number of carbonyl (C=O) groups excluding carboxylic acids is 1. The predicted octanol–water partition coefficient (Wildman–Crippen LogP) is 4.36. The van der Waals surface area contributed by atoms with Gasteiger partial charge >= 0.3 is 0 Å². The van der Waals surface area contributed by atoms with Crippen molar-refractivity contribution in [1.29, 1.82) is 0 Å². The normalized spacial score (nSPS) is 26.9. The van der Waals surface area contributed by atoms with Crippen molar-refractivity contribution in [2.24, 2.45) is 17.3 Å². The Labute approximate surface area is 123 Å². The molecule has 0 aromatic carbocycles. The van der Waals surface area contributed by atoms with Crippen LogP contribution in [0.3, 0.4) is 0 Å². The van der Waals surface area contributed by atoms with Crippen LogP contribution in [0, 0.1) is 17.3 Å². The van der Waals surface area contributed by atoms with Gasteiger partial charge in [0.2, 0.25) is 5.91 Å². The topological polar surface area (TPSA) is 29.1 Å². The molecule has 112 valence electrons. The lowest BCUT2D eigenvalue weighted by molar-refractivity contribution is -0.128. The third-order valence-corrected chi connectivity index (χ3v) is 5.31. The zero-order valence-electron chi connectivity index (χ0n) is 13.3. The summed E-state index contributed by atoms with van der Waals surface area (Å²) >= 11 is 6.12. The van der Waals surface area contributed by atoms with Crippen LogP contribution in [0.15, 0.2) is 0 Å². The molecule has 0 aliphatic heterocycles. The highest BCUT2D eigenvalue weighted by Gasteiger charge is 2.34. The van der Waals surface area contributed by atoms with E-state index in [2.05, 4.69) is 26.1 Å². The summed E-state index contributed by atoms with van der Waals surface area (Å²) in [5, 5.41) is 3.04. The van der Waals surface area contributed by atoms with Crippen LogP contribution < -0.4 is 5.32 Å². The lowest BCUT2D eigenvalue weighted by atomic mass is 9.69. The first-order valence-corrected chi connectivity index (χ1v) is 7.94. The molecule has 0 heterocycles. The summed E-state index contributed by atoms with van der Waals surface area (Å²) < 4.78 is 0. The number of carbonyl (C=O) groups is 1. The van der Waals surface area contributed by atoms with Crippen molar-refractivity contribution in [3.63, 3.8) is 0 Å². The van der Waals surface area contributed by atoms with Gasteiger partial charge in [0.25, 0.3) is 0 Å². The van der Waals surface area contributed by atoms with Gasteiger partial charge in [-0.15, -0.1) is 11.6 Å². The van der Waals surface area contributed by atoms with Crippen LogP contribution in [-0.4, -0.2) is 16.8 Å². The van der Waals surface area contributed by atoms with Crippen LogP contribution in [0.4, 0.5) is 0 Å². The average molecular weight is 288 g/mol. The maximum absolute atomic E-state index is 12.3. The van der Waals surface area contributed by atoms with Crippen LogP contribution in [0.5, 0.6) is 0 Å². The van der Waals surface area contributed by atoms with Gasteiger partial charge in [-0.2, -0.15) is 0 Å². The van der Waals surface area contributed by atoms with Gasteiger partial charge in [0.15, 0.2) is 0 Å². The Bertz CT molecular complexity index is 309. The summed E-state index contributed by atoms with van der Waals surface area (Å²) in [7, 11) is 0. The second kappa shape index (κ2) is 6.03. The number of rotatable bonds is 3. The summed E-state index contributed by atoms with van der Waals surface area (Å²) in [5.74, 6) is 1.11. The molecular weight excluding hydrogens is 258 g/mol. The van der Waals surface area contributed by atoms with E-state index in [1.807, 2.05) is 20.8 Å². The second-order valence-electron chi connectivity index (χ2n) is 7.74. The SMILES string of the molecule is CC(Cl)C(C)(C)NC(=O)C1CCC(C(C)(C)C)CC1. The van der Waals surface area contributed by atoms with Crippen molar-refractivity contribution >= 4 is 17.5 Å². The lowest BCUT2D eigenvalue weighted by Gasteiger charge is -2.38. The molecule has 0 spiro atoms. The van der Waals surface area contributed by atoms with Crippen molar-refractivity contribution in [3.05, 3.63) is 0 Å². The summed E-state index contributed by atoms with van der Waals surface area (Å²) in [6.45, 7) is 12.8. The van der Waals surface area contributed by atoms with E-state index in [1.54, 1.807) is 0 Å². The Morgan fingerprint density at radius 2 is 1.58 bits per heavy atom. The summed E-state index contributed by atoms with van der Waals surface area (Å²) in [6.07, 6.45) is 4.36. The summed E-state index contributed by atoms with van der Waals surface area (Å²) in [5.41, 5.74) is 0.0326. The van der Waals surface area contributed by atoms with Gasteiger partial charge in [0.1, 0.15) is 0 Å². The zero-order chi connectivity index (χ0) is 14.8. The van der Waals surface area contributed by atoms with Crippen molar-refractivity contribution in [2.45, 2.75) is 78.1 Å². The quantitative estimate of drug-likeness (QED) is 0.768. The lowest BCUT2D eigenvalue weighted by Crippen LogP contribution is -2.51. The van der Waals surface area contributed by atoms with E-state index in [0.29, 0.717) is 5.41 Å². The van der Waals surface area contributed by atoms with Crippen LogP contribution in [0.2, 0.25) is 0 Å². The standard InChI is InChI=1S/C16H30ClNO/c1-11(17)16(5,6)18-14(19)12-7-9-13(10-8-12)15(2,3)4/h11-13H,7-10H2,1-6H3,(H,18,19). The van der Waals surface area contributed by atoms with Gasteiger partial charge in [-0.3, -0.25) is 4.79 Å². The maximum Gasteiger partial charge on any atom is 0.223 e. The Morgan fingerprint density at radius 1 is 1.11 bits per heavy atom. The average Bonchev–Trinajstić information content (AvgIpc) is 2.27. The van der Waals surface area contributed by atoms with Crippen LogP contribution in [0.25, 0.3) is 0 Å². The summed E-state index contributed by atoms with van der Waals surface area (Å²) in [4.78, 5) is 12.3. The number of hydrogen-bond acceptors (Lipinski definition) is 1. The van der Waals surface area contributed by atoms with Crippen molar-refractivity contribution < 1.29 is 4.79 Å².